The largest absolute Gasteiger partial charge is 0.304 e. The third-order valence-corrected chi connectivity index (χ3v) is 3.18. The number of hydrogen-bond acceptors (Lipinski definition) is 1. The van der Waals surface area contributed by atoms with Gasteiger partial charge in [0.2, 0.25) is 0 Å². The average Bonchev–Trinajstić information content (AvgIpc) is 2.29. The molecule has 0 amide bonds. The molecule has 0 fully saturated rings. The Morgan fingerprint density at radius 1 is 1.12 bits per heavy atom. The van der Waals surface area contributed by atoms with E-state index in [0.29, 0.717) is 0 Å². The summed E-state index contributed by atoms with van der Waals surface area (Å²) in [5.74, 6) is 0. The summed E-state index contributed by atoms with van der Waals surface area (Å²) in [4.78, 5) is 4.40. The minimum atomic E-state index is 0. The van der Waals surface area contributed by atoms with Crippen LogP contribution in [0.2, 0.25) is 0 Å². The minimum Gasteiger partial charge on any atom is -0.304 e. The van der Waals surface area contributed by atoms with Gasteiger partial charge in [-0.05, 0) is 17.0 Å². The molecule has 0 unspecified atom stereocenters. The zero-order chi connectivity index (χ0) is 10.3. The molecule has 3 heteroatoms. The van der Waals surface area contributed by atoms with E-state index < -0.39 is 0 Å². The van der Waals surface area contributed by atoms with Gasteiger partial charge in [-0.15, -0.1) is 23.6 Å². The van der Waals surface area contributed by atoms with Gasteiger partial charge >= 0.3 is 0 Å². The number of pyridine rings is 1. The number of fused-ring (bicyclic) bond motifs is 3. The van der Waals surface area contributed by atoms with Gasteiger partial charge in [-0.1, -0.05) is 44.0 Å². The predicted octanol–water partition coefficient (Wildman–Crippen LogP) is 3.95. The molecular formula is C13H7BrIrN-. The van der Waals surface area contributed by atoms with Crippen LogP contribution >= 0.6 is 15.9 Å². The van der Waals surface area contributed by atoms with Crippen molar-refractivity contribution in [2.75, 3.05) is 0 Å². The molecule has 3 rings (SSSR count). The Balaban J connectivity index is 0.000000963. The molecule has 0 atom stereocenters. The molecule has 2 aromatic carbocycles. The molecule has 0 spiro atoms. The molecule has 1 radical (unpaired) electrons. The number of nitrogens with zero attached hydrogens (tertiary/aromatic N) is 1. The van der Waals surface area contributed by atoms with Gasteiger partial charge in [0.1, 0.15) is 0 Å². The van der Waals surface area contributed by atoms with Gasteiger partial charge in [0.05, 0.1) is 0 Å². The Hall–Kier alpha value is -0.761. The quantitative estimate of drug-likeness (QED) is 0.374. The summed E-state index contributed by atoms with van der Waals surface area (Å²) in [7, 11) is 0. The van der Waals surface area contributed by atoms with Gasteiger partial charge in [-0.2, -0.15) is 0 Å². The van der Waals surface area contributed by atoms with Crippen LogP contribution in [0.5, 0.6) is 0 Å². The summed E-state index contributed by atoms with van der Waals surface area (Å²) in [6, 6.07) is 15.4. The fraction of sp³-hybridized carbons (Fsp3) is 0. The van der Waals surface area contributed by atoms with Crippen LogP contribution in [0.3, 0.4) is 0 Å². The Bertz CT molecular complexity index is 652. The number of rotatable bonds is 0. The van der Waals surface area contributed by atoms with Crippen molar-refractivity contribution in [2.45, 2.75) is 0 Å². The molecule has 16 heavy (non-hydrogen) atoms. The first kappa shape index (κ1) is 11.7. The topological polar surface area (TPSA) is 12.9 Å². The second-order valence-electron chi connectivity index (χ2n) is 3.39. The standard InChI is InChI=1S/C13H7BrN.Ir/c14-12-5-1-4-11-10(12)7-6-9-3-2-8-15-13(9)11;/h1-3,5-8H;/q-1;. The van der Waals surface area contributed by atoms with E-state index in [4.69, 9.17) is 0 Å². The molecule has 0 bridgehead atoms. The van der Waals surface area contributed by atoms with Gasteiger partial charge in [0, 0.05) is 26.3 Å². The van der Waals surface area contributed by atoms with Gasteiger partial charge in [0.25, 0.3) is 0 Å². The van der Waals surface area contributed by atoms with E-state index in [-0.39, 0.29) is 20.1 Å². The summed E-state index contributed by atoms with van der Waals surface area (Å²) < 4.78 is 1.09. The van der Waals surface area contributed by atoms with Crippen LogP contribution in [0.4, 0.5) is 0 Å². The van der Waals surface area contributed by atoms with Gasteiger partial charge in [-0.3, -0.25) is 0 Å². The van der Waals surface area contributed by atoms with E-state index in [1.54, 1.807) is 0 Å². The Labute approximate surface area is 115 Å². The molecular weight excluding hydrogens is 442 g/mol. The van der Waals surface area contributed by atoms with Crippen molar-refractivity contribution in [3.8, 4) is 0 Å². The fourth-order valence-corrected chi connectivity index (χ4v) is 2.24. The normalized spacial score (nSPS) is 10.3. The fourth-order valence-electron chi connectivity index (χ4n) is 1.78. The second-order valence-corrected chi connectivity index (χ2v) is 4.24. The third-order valence-electron chi connectivity index (χ3n) is 2.49. The maximum Gasteiger partial charge on any atom is 0.0161 e. The molecule has 0 aliphatic rings. The van der Waals surface area contributed by atoms with Gasteiger partial charge in [0.15, 0.2) is 0 Å². The van der Waals surface area contributed by atoms with E-state index in [1.165, 1.54) is 0 Å². The van der Waals surface area contributed by atoms with Crippen molar-refractivity contribution >= 4 is 37.6 Å². The first-order chi connectivity index (χ1) is 7.36. The van der Waals surface area contributed by atoms with E-state index >= 15 is 0 Å². The van der Waals surface area contributed by atoms with E-state index in [9.17, 15) is 0 Å². The summed E-state index contributed by atoms with van der Waals surface area (Å²) in [6.07, 6.45) is 1.82. The Kier molecular flexibility index (Phi) is 3.38. The Morgan fingerprint density at radius 2 is 2.00 bits per heavy atom. The zero-order valence-electron chi connectivity index (χ0n) is 8.20. The molecule has 0 saturated heterocycles. The van der Waals surface area contributed by atoms with Crippen molar-refractivity contribution in [3.05, 3.63) is 53.1 Å². The molecule has 1 nitrogen and oxygen atoms in total. The number of hydrogen-bond donors (Lipinski definition) is 0. The van der Waals surface area contributed by atoms with Crippen LogP contribution in [-0.4, -0.2) is 4.98 Å². The van der Waals surface area contributed by atoms with E-state index in [0.717, 1.165) is 26.1 Å². The maximum absolute atomic E-state index is 4.40. The predicted molar refractivity (Wildman–Crippen MR) is 65.8 cm³/mol. The van der Waals surface area contributed by atoms with Crippen LogP contribution in [-0.2, 0) is 20.1 Å². The molecule has 0 saturated carbocycles. The monoisotopic (exact) mass is 449 g/mol. The second kappa shape index (κ2) is 4.62. The molecule has 0 N–H and O–H groups in total. The number of aromatic nitrogens is 1. The summed E-state index contributed by atoms with van der Waals surface area (Å²) in [5, 5.41) is 3.38. The van der Waals surface area contributed by atoms with Crippen LogP contribution in [0.25, 0.3) is 21.7 Å². The molecule has 3 aromatic rings. The number of benzene rings is 2. The van der Waals surface area contributed by atoms with Crippen molar-refractivity contribution in [1.82, 2.24) is 4.98 Å². The van der Waals surface area contributed by atoms with E-state index in [1.807, 2.05) is 24.4 Å². The smallest absolute Gasteiger partial charge is 0.0161 e. The number of halogens is 1. The van der Waals surface area contributed by atoms with Gasteiger partial charge in [-0.25, -0.2) is 0 Å². The average molecular weight is 449 g/mol. The van der Waals surface area contributed by atoms with Crippen molar-refractivity contribution < 1.29 is 20.1 Å². The molecule has 1 heterocycles. The first-order valence-electron chi connectivity index (χ1n) is 4.70. The molecule has 0 aliphatic heterocycles. The van der Waals surface area contributed by atoms with Crippen LogP contribution in [0, 0.1) is 6.07 Å². The van der Waals surface area contributed by atoms with Crippen molar-refractivity contribution in [2.24, 2.45) is 0 Å². The van der Waals surface area contributed by atoms with Crippen LogP contribution in [0.1, 0.15) is 0 Å². The molecule has 0 aliphatic carbocycles. The SMILES string of the molecule is Brc1cc[c-]c2c1ccc1cccnc12.[Ir]. The Morgan fingerprint density at radius 3 is 2.88 bits per heavy atom. The third kappa shape index (κ3) is 1.80. The van der Waals surface area contributed by atoms with Crippen molar-refractivity contribution in [1.29, 1.82) is 0 Å². The maximum atomic E-state index is 4.40. The minimum absolute atomic E-state index is 0. The molecule has 81 valence electrons. The van der Waals surface area contributed by atoms with E-state index in [2.05, 4.69) is 45.2 Å². The summed E-state index contributed by atoms with van der Waals surface area (Å²) in [5.41, 5.74) is 1.01. The van der Waals surface area contributed by atoms with Crippen LogP contribution < -0.4 is 0 Å². The van der Waals surface area contributed by atoms with Crippen LogP contribution in [0.15, 0.2) is 47.1 Å². The molecule has 1 aromatic heterocycles. The van der Waals surface area contributed by atoms with Crippen molar-refractivity contribution in [3.63, 3.8) is 0 Å². The summed E-state index contributed by atoms with van der Waals surface area (Å²) in [6.45, 7) is 0. The zero-order valence-corrected chi connectivity index (χ0v) is 12.2. The van der Waals surface area contributed by atoms with Gasteiger partial charge < -0.3 is 4.98 Å². The summed E-state index contributed by atoms with van der Waals surface area (Å²) >= 11 is 3.53. The first-order valence-corrected chi connectivity index (χ1v) is 5.49.